The van der Waals surface area contributed by atoms with Gasteiger partial charge in [0.25, 0.3) is 0 Å². The van der Waals surface area contributed by atoms with Gasteiger partial charge in [0, 0.05) is 39.2 Å². The SMILES string of the molecule is CC1(C)c2ccccc2-c2cccc(-n3c4ccccc4c4c(-c5cccc(C6CC=CC=C6N(c6ccc(-c7ccccc7)cc6)c6ccc(-c7ccc(-c8ccccc8)cc7)cc6)c5)cccc43)c21. The van der Waals surface area contributed by atoms with Gasteiger partial charge in [0.2, 0.25) is 0 Å². The van der Waals surface area contributed by atoms with Crippen LogP contribution < -0.4 is 4.90 Å². The average molecular weight is 909 g/mol. The molecule has 0 amide bonds. The number of allylic oxidation sites excluding steroid dienone is 4. The molecule has 1 aromatic heterocycles. The second kappa shape index (κ2) is 17.4. The van der Waals surface area contributed by atoms with Gasteiger partial charge >= 0.3 is 0 Å². The van der Waals surface area contributed by atoms with Crippen LogP contribution in [0.2, 0.25) is 0 Å². The summed E-state index contributed by atoms with van der Waals surface area (Å²) in [7, 11) is 0. The third-order valence-electron chi connectivity index (χ3n) is 15.2. The van der Waals surface area contributed by atoms with E-state index in [4.69, 9.17) is 0 Å². The third-order valence-corrected chi connectivity index (χ3v) is 15.2. The maximum absolute atomic E-state index is 2.53. The number of para-hydroxylation sites is 1. The number of anilines is 2. The first kappa shape index (κ1) is 42.4. The zero-order valence-electron chi connectivity index (χ0n) is 40.0. The van der Waals surface area contributed by atoms with Crippen LogP contribution in [0.3, 0.4) is 0 Å². The normalized spacial score (nSPS) is 14.6. The van der Waals surface area contributed by atoms with Gasteiger partial charge in [-0.2, -0.15) is 0 Å². The number of hydrogen-bond acceptors (Lipinski definition) is 1. The third kappa shape index (κ3) is 7.26. The topological polar surface area (TPSA) is 8.17 Å². The molecule has 71 heavy (non-hydrogen) atoms. The molecule has 1 atom stereocenters. The van der Waals surface area contributed by atoms with E-state index in [-0.39, 0.29) is 11.3 Å². The number of benzene rings is 10. The van der Waals surface area contributed by atoms with Crippen LogP contribution in [0.5, 0.6) is 0 Å². The maximum Gasteiger partial charge on any atom is 0.0547 e. The molecule has 2 nitrogen and oxygen atoms in total. The molecule has 2 aliphatic carbocycles. The lowest BCUT2D eigenvalue weighted by atomic mass is 9.81. The molecule has 2 aliphatic rings. The van der Waals surface area contributed by atoms with E-state index < -0.39 is 0 Å². The number of hydrogen-bond donors (Lipinski definition) is 0. The summed E-state index contributed by atoms with van der Waals surface area (Å²) in [5.74, 6) is 0.107. The minimum absolute atomic E-state index is 0.107. The highest BCUT2D eigenvalue weighted by Gasteiger charge is 2.38. The monoisotopic (exact) mass is 908 g/mol. The Labute approximate surface area is 416 Å². The highest BCUT2D eigenvalue weighted by atomic mass is 15.2. The van der Waals surface area contributed by atoms with Crippen LogP contribution in [0.4, 0.5) is 11.4 Å². The van der Waals surface area contributed by atoms with E-state index in [0.29, 0.717) is 0 Å². The minimum atomic E-state index is -0.152. The van der Waals surface area contributed by atoms with Crippen molar-refractivity contribution in [2.24, 2.45) is 0 Å². The highest BCUT2D eigenvalue weighted by Crippen LogP contribution is 2.52. The van der Waals surface area contributed by atoms with Gasteiger partial charge in [-0.1, -0.05) is 226 Å². The molecule has 10 aromatic carbocycles. The molecule has 11 aromatic rings. The lowest BCUT2D eigenvalue weighted by molar-refractivity contribution is 0.656. The number of rotatable bonds is 9. The Hall–Kier alpha value is -8.72. The molecule has 0 saturated heterocycles. The van der Waals surface area contributed by atoms with Crippen molar-refractivity contribution in [1.82, 2.24) is 4.57 Å². The summed E-state index contributed by atoms with van der Waals surface area (Å²) in [6.45, 7) is 4.77. The summed E-state index contributed by atoms with van der Waals surface area (Å²) in [6, 6.07) is 89.4. The number of nitrogens with zero attached hydrogens (tertiary/aromatic N) is 2. The van der Waals surface area contributed by atoms with Gasteiger partial charge in [-0.3, -0.25) is 0 Å². The summed E-state index contributed by atoms with van der Waals surface area (Å²) in [5, 5.41) is 2.54. The summed E-state index contributed by atoms with van der Waals surface area (Å²) in [4.78, 5) is 2.48. The molecule has 1 unspecified atom stereocenters. The van der Waals surface area contributed by atoms with Gasteiger partial charge < -0.3 is 9.47 Å². The zero-order chi connectivity index (χ0) is 47.5. The second-order valence-electron chi connectivity index (χ2n) is 19.6. The largest absolute Gasteiger partial charge is 0.314 e. The lowest BCUT2D eigenvalue weighted by Gasteiger charge is -2.34. The van der Waals surface area contributed by atoms with Gasteiger partial charge in [0.1, 0.15) is 0 Å². The molecule has 0 bridgehead atoms. The molecule has 0 radical (unpaired) electrons. The van der Waals surface area contributed by atoms with Crippen molar-refractivity contribution in [2.75, 3.05) is 4.90 Å². The molecular formula is C69H52N2. The van der Waals surface area contributed by atoms with Crippen LogP contribution in [0.25, 0.3) is 83.1 Å². The van der Waals surface area contributed by atoms with Gasteiger partial charge in [-0.05, 0) is 127 Å². The summed E-state index contributed by atoms with van der Waals surface area (Å²) in [5.41, 5.74) is 23.5. The minimum Gasteiger partial charge on any atom is -0.314 e. The molecule has 338 valence electrons. The van der Waals surface area contributed by atoms with Gasteiger partial charge in [0.15, 0.2) is 0 Å². The first-order chi connectivity index (χ1) is 35.0. The Morgan fingerprint density at radius 3 is 1.62 bits per heavy atom. The van der Waals surface area contributed by atoms with Crippen LogP contribution in [0.15, 0.2) is 267 Å². The molecule has 2 heteroatoms. The first-order valence-electron chi connectivity index (χ1n) is 24.9. The van der Waals surface area contributed by atoms with Crippen LogP contribution in [0.1, 0.15) is 42.9 Å². The molecule has 0 spiro atoms. The summed E-state index contributed by atoms with van der Waals surface area (Å²) >= 11 is 0. The van der Waals surface area contributed by atoms with E-state index in [9.17, 15) is 0 Å². The van der Waals surface area contributed by atoms with Crippen LogP contribution in [0, 0.1) is 0 Å². The predicted molar refractivity (Wildman–Crippen MR) is 300 cm³/mol. The van der Waals surface area contributed by atoms with Crippen LogP contribution in [-0.2, 0) is 5.41 Å². The van der Waals surface area contributed by atoms with E-state index in [1.165, 1.54) is 106 Å². The van der Waals surface area contributed by atoms with Crippen molar-refractivity contribution in [2.45, 2.75) is 31.6 Å². The molecule has 1 heterocycles. The Balaban J connectivity index is 0.901. The fraction of sp³-hybridized carbons (Fsp3) is 0.0725. The van der Waals surface area contributed by atoms with E-state index >= 15 is 0 Å². The fourth-order valence-electron chi connectivity index (χ4n) is 11.8. The lowest BCUT2D eigenvalue weighted by Crippen LogP contribution is -2.23. The van der Waals surface area contributed by atoms with E-state index in [0.717, 1.165) is 17.8 Å². The fourth-order valence-corrected chi connectivity index (χ4v) is 11.8. The Kier molecular flexibility index (Phi) is 10.4. The predicted octanol–water partition coefficient (Wildman–Crippen LogP) is 18.5. The number of aromatic nitrogens is 1. The molecule has 0 N–H and O–H groups in total. The van der Waals surface area contributed by atoms with Gasteiger partial charge in [0.05, 0.1) is 16.7 Å². The summed E-state index contributed by atoms with van der Waals surface area (Å²) < 4.78 is 2.53. The van der Waals surface area contributed by atoms with E-state index in [2.05, 4.69) is 284 Å². The Bertz CT molecular complexity index is 3830. The van der Waals surface area contributed by atoms with E-state index in [1.807, 2.05) is 0 Å². The number of fused-ring (bicyclic) bond motifs is 6. The summed E-state index contributed by atoms with van der Waals surface area (Å²) in [6.07, 6.45) is 7.78. The van der Waals surface area contributed by atoms with Crippen LogP contribution in [-0.4, -0.2) is 4.57 Å². The maximum atomic E-state index is 2.53. The molecule has 0 fully saturated rings. The van der Waals surface area contributed by atoms with Crippen molar-refractivity contribution in [3.8, 4) is 61.3 Å². The van der Waals surface area contributed by atoms with Gasteiger partial charge in [-0.25, -0.2) is 0 Å². The standard InChI is InChI=1S/C69H52N2/c1-69(2)62-29-12-9-25-59(62)60-28-17-33-66(68(60)69)71-64-31-14-11-26-61(64)67-58(27-16-32-65(67)71)54-23-15-22-53(46-54)57-24-10-13-30-63(57)70(55-42-38-51(39-43-55)48-20-7-4-8-21-48)56-44-40-52(41-45-56)50-36-34-49(35-37-50)47-18-5-3-6-19-47/h3-23,25-46,57H,24H2,1-2H3. The van der Waals surface area contributed by atoms with Gasteiger partial charge in [-0.15, -0.1) is 0 Å². The van der Waals surface area contributed by atoms with Crippen molar-refractivity contribution >= 4 is 33.2 Å². The van der Waals surface area contributed by atoms with Crippen molar-refractivity contribution in [3.63, 3.8) is 0 Å². The molecular weight excluding hydrogens is 857 g/mol. The molecule has 0 saturated carbocycles. The van der Waals surface area contributed by atoms with Crippen molar-refractivity contribution < 1.29 is 0 Å². The van der Waals surface area contributed by atoms with Crippen molar-refractivity contribution in [1.29, 1.82) is 0 Å². The quantitative estimate of drug-likeness (QED) is 0.140. The van der Waals surface area contributed by atoms with Crippen molar-refractivity contribution in [3.05, 3.63) is 283 Å². The first-order valence-corrected chi connectivity index (χ1v) is 24.9. The van der Waals surface area contributed by atoms with Crippen LogP contribution >= 0.6 is 0 Å². The zero-order valence-corrected chi connectivity index (χ0v) is 40.0. The second-order valence-corrected chi connectivity index (χ2v) is 19.6. The Morgan fingerprint density at radius 2 is 0.944 bits per heavy atom. The van der Waals surface area contributed by atoms with E-state index in [1.54, 1.807) is 0 Å². The average Bonchev–Trinajstić information content (AvgIpc) is 3.90. The highest BCUT2D eigenvalue weighted by molar-refractivity contribution is 6.16. The smallest absolute Gasteiger partial charge is 0.0547 e. The Morgan fingerprint density at radius 1 is 0.437 bits per heavy atom. The molecule has 0 aliphatic heterocycles. The molecule has 13 rings (SSSR count).